The minimum atomic E-state index is -0.503. The van der Waals surface area contributed by atoms with Crippen LogP contribution in [0.2, 0.25) is 0 Å². The molecule has 108 valence electrons. The first-order valence-corrected chi connectivity index (χ1v) is 7.05. The third-order valence-electron chi connectivity index (χ3n) is 3.84. The van der Waals surface area contributed by atoms with E-state index < -0.39 is 6.04 Å². The van der Waals surface area contributed by atoms with Gasteiger partial charge in [0.2, 0.25) is 0 Å². The molecule has 1 aliphatic heterocycles. The van der Waals surface area contributed by atoms with Gasteiger partial charge >= 0.3 is 5.97 Å². The van der Waals surface area contributed by atoms with Gasteiger partial charge in [-0.1, -0.05) is 50.2 Å². The van der Waals surface area contributed by atoms with Crippen LogP contribution in [-0.4, -0.2) is 29.5 Å². The van der Waals surface area contributed by atoms with Crippen LogP contribution in [0.3, 0.4) is 0 Å². The van der Waals surface area contributed by atoms with Crippen molar-refractivity contribution in [2.24, 2.45) is 5.92 Å². The number of hydrogen-bond donors (Lipinski definition) is 0. The van der Waals surface area contributed by atoms with Crippen molar-refractivity contribution in [1.29, 1.82) is 0 Å². The number of fused-ring (bicyclic) bond motifs is 1. The van der Waals surface area contributed by atoms with Crippen molar-refractivity contribution >= 4 is 22.6 Å². The van der Waals surface area contributed by atoms with Crippen molar-refractivity contribution < 1.29 is 14.3 Å². The molecule has 1 heterocycles. The molecule has 0 saturated carbocycles. The number of amides is 1. The second kappa shape index (κ2) is 5.20. The molecular formula is C17H17NO3. The summed E-state index contributed by atoms with van der Waals surface area (Å²) in [7, 11) is 0. The zero-order valence-electron chi connectivity index (χ0n) is 12.1. The summed E-state index contributed by atoms with van der Waals surface area (Å²) in [5.41, 5.74) is 0.608. The minimum Gasteiger partial charge on any atom is -0.443 e. The predicted octanol–water partition coefficient (Wildman–Crippen LogP) is 2.82. The lowest BCUT2D eigenvalue weighted by molar-refractivity contribution is -0.139. The Hall–Kier alpha value is -2.36. The smallest absolute Gasteiger partial charge is 0.330 e. The maximum atomic E-state index is 12.8. The molecule has 2 aromatic carbocycles. The van der Waals surface area contributed by atoms with E-state index in [2.05, 4.69) is 0 Å². The molecule has 0 aliphatic carbocycles. The van der Waals surface area contributed by atoms with Gasteiger partial charge < -0.3 is 4.74 Å². The normalized spacial score (nSPS) is 18.3. The van der Waals surface area contributed by atoms with Crippen LogP contribution in [0.4, 0.5) is 0 Å². The van der Waals surface area contributed by atoms with Gasteiger partial charge in [0.1, 0.15) is 6.04 Å². The van der Waals surface area contributed by atoms with Crippen molar-refractivity contribution in [3.63, 3.8) is 0 Å². The van der Waals surface area contributed by atoms with E-state index in [1.165, 1.54) is 4.90 Å². The van der Waals surface area contributed by atoms with Gasteiger partial charge in [0.05, 0.1) is 0 Å². The average Bonchev–Trinajstić information content (AvgIpc) is 2.88. The first-order valence-electron chi connectivity index (χ1n) is 7.05. The highest BCUT2D eigenvalue weighted by atomic mass is 16.6. The van der Waals surface area contributed by atoms with Crippen LogP contribution in [0.15, 0.2) is 42.5 Å². The van der Waals surface area contributed by atoms with E-state index in [-0.39, 0.29) is 24.5 Å². The molecule has 4 nitrogen and oxygen atoms in total. The van der Waals surface area contributed by atoms with Crippen LogP contribution in [0.1, 0.15) is 24.2 Å². The molecule has 0 unspecified atom stereocenters. The van der Waals surface area contributed by atoms with Crippen molar-refractivity contribution in [3.8, 4) is 0 Å². The summed E-state index contributed by atoms with van der Waals surface area (Å²) in [6, 6.07) is 12.9. The fourth-order valence-electron chi connectivity index (χ4n) is 2.81. The number of cyclic esters (lactones) is 1. The van der Waals surface area contributed by atoms with E-state index in [1.54, 1.807) is 6.07 Å². The number of carbonyl (C=O) groups is 2. The van der Waals surface area contributed by atoms with Gasteiger partial charge in [-0.05, 0) is 22.8 Å². The average molecular weight is 283 g/mol. The quantitative estimate of drug-likeness (QED) is 0.796. The Kier molecular flexibility index (Phi) is 3.37. The maximum Gasteiger partial charge on any atom is 0.330 e. The van der Waals surface area contributed by atoms with Crippen LogP contribution < -0.4 is 0 Å². The highest BCUT2D eigenvalue weighted by Gasteiger charge is 2.40. The zero-order chi connectivity index (χ0) is 15.0. The molecule has 1 fully saturated rings. The Bertz CT molecular complexity index is 703. The monoisotopic (exact) mass is 283 g/mol. The second-order valence-corrected chi connectivity index (χ2v) is 5.58. The second-order valence-electron chi connectivity index (χ2n) is 5.58. The zero-order valence-corrected chi connectivity index (χ0v) is 12.1. The van der Waals surface area contributed by atoms with Crippen molar-refractivity contribution in [2.75, 3.05) is 6.73 Å². The van der Waals surface area contributed by atoms with Crippen LogP contribution in [0.5, 0.6) is 0 Å². The molecule has 0 aromatic heterocycles. The molecule has 0 N–H and O–H groups in total. The number of nitrogens with zero attached hydrogens (tertiary/aromatic N) is 1. The highest BCUT2D eigenvalue weighted by Crippen LogP contribution is 2.25. The molecule has 0 bridgehead atoms. The number of ether oxygens (including phenoxy) is 1. The third-order valence-corrected chi connectivity index (χ3v) is 3.84. The summed E-state index contributed by atoms with van der Waals surface area (Å²) in [4.78, 5) is 26.1. The first-order chi connectivity index (χ1) is 10.1. The number of benzene rings is 2. The SMILES string of the molecule is CC(C)[C@H]1C(=O)OCN1C(=O)c1cccc2ccccc12. The van der Waals surface area contributed by atoms with Gasteiger partial charge in [-0.2, -0.15) is 0 Å². The highest BCUT2D eigenvalue weighted by molar-refractivity contribution is 6.08. The van der Waals surface area contributed by atoms with Crippen LogP contribution in [0.25, 0.3) is 10.8 Å². The number of hydrogen-bond acceptors (Lipinski definition) is 3. The molecule has 0 radical (unpaired) electrons. The summed E-state index contributed by atoms with van der Waals surface area (Å²) < 4.78 is 5.06. The van der Waals surface area contributed by atoms with Gasteiger partial charge in [0.15, 0.2) is 6.73 Å². The van der Waals surface area contributed by atoms with Gasteiger partial charge in [-0.15, -0.1) is 0 Å². The van der Waals surface area contributed by atoms with Crippen molar-refractivity contribution in [1.82, 2.24) is 4.90 Å². The summed E-state index contributed by atoms with van der Waals surface area (Å²) >= 11 is 0. The lowest BCUT2D eigenvalue weighted by Crippen LogP contribution is -2.41. The predicted molar refractivity (Wildman–Crippen MR) is 79.7 cm³/mol. The van der Waals surface area contributed by atoms with Gasteiger partial charge in [0, 0.05) is 5.56 Å². The number of rotatable bonds is 2. The van der Waals surface area contributed by atoms with Gasteiger partial charge in [-0.25, -0.2) is 4.79 Å². The Morgan fingerprint density at radius 3 is 2.67 bits per heavy atom. The number of esters is 1. The Balaban J connectivity index is 2.03. The van der Waals surface area contributed by atoms with Gasteiger partial charge in [-0.3, -0.25) is 9.69 Å². The lowest BCUT2D eigenvalue weighted by atomic mass is 10.0. The molecule has 1 saturated heterocycles. The van der Waals surface area contributed by atoms with E-state index >= 15 is 0 Å². The summed E-state index contributed by atoms with van der Waals surface area (Å²) in [6.45, 7) is 3.87. The summed E-state index contributed by atoms with van der Waals surface area (Å²) in [6.07, 6.45) is 0. The Morgan fingerprint density at radius 1 is 1.19 bits per heavy atom. The largest absolute Gasteiger partial charge is 0.443 e. The standard InChI is InChI=1S/C17H17NO3/c1-11(2)15-17(20)21-10-18(15)16(19)14-9-5-7-12-6-3-4-8-13(12)14/h3-9,11,15H,10H2,1-2H3/t15-/m0/s1. The fourth-order valence-corrected chi connectivity index (χ4v) is 2.81. The van der Waals surface area contributed by atoms with Gasteiger partial charge in [0.25, 0.3) is 5.91 Å². The van der Waals surface area contributed by atoms with E-state index in [0.29, 0.717) is 5.56 Å². The molecule has 1 amide bonds. The Morgan fingerprint density at radius 2 is 1.90 bits per heavy atom. The molecule has 1 aliphatic rings. The maximum absolute atomic E-state index is 12.8. The van der Waals surface area contributed by atoms with Crippen molar-refractivity contribution in [3.05, 3.63) is 48.0 Å². The molecule has 3 rings (SSSR count). The summed E-state index contributed by atoms with van der Waals surface area (Å²) in [5, 5.41) is 1.91. The molecule has 2 aromatic rings. The fraction of sp³-hybridized carbons (Fsp3) is 0.294. The van der Waals surface area contributed by atoms with E-state index in [4.69, 9.17) is 4.74 Å². The lowest BCUT2D eigenvalue weighted by Gasteiger charge is -2.23. The number of carbonyl (C=O) groups excluding carboxylic acids is 2. The van der Waals surface area contributed by atoms with Crippen LogP contribution in [0, 0.1) is 5.92 Å². The van der Waals surface area contributed by atoms with Crippen LogP contribution >= 0.6 is 0 Å². The molecule has 21 heavy (non-hydrogen) atoms. The Labute approximate surface area is 123 Å². The van der Waals surface area contributed by atoms with E-state index in [0.717, 1.165) is 10.8 Å². The molecule has 1 atom stereocenters. The van der Waals surface area contributed by atoms with Crippen LogP contribution in [-0.2, 0) is 9.53 Å². The molecule has 0 spiro atoms. The molecular weight excluding hydrogens is 266 g/mol. The third kappa shape index (κ3) is 2.27. The molecule has 4 heteroatoms. The van der Waals surface area contributed by atoms with E-state index in [1.807, 2.05) is 50.2 Å². The topological polar surface area (TPSA) is 46.6 Å². The van der Waals surface area contributed by atoms with E-state index in [9.17, 15) is 9.59 Å². The first kappa shape index (κ1) is 13.6. The van der Waals surface area contributed by atoms with Crippen molar-refractivity contribution in [2.45, 2.75) is 19.9 Å². The summed E-state index contributed by atoms with van der Waals surface area (Å²) in [5.74, 6) is -0.450. The minimum absolute atomic E-state index is 0.0268.